The molecule has 128 valence electrons. The quantitative estimate of drug-likeness (QED) is 0.656. The molecule has 0 amide bonds. The molecule has 24 heavy (non-hydrogen) atoms. The molecule has 2 atom stereocenters. The number of alkyl halides is 4. The van der Waals surface area contributed by atoms with Crippen LogP contribution in [0.4, 0.5) is 17.6 Å². The number of halogens is 4. The Labute approximate surface area is 138 Å². The van der Waals surface area contributed by atoms with Crippen LogP contribution in [0.25, 0.3) is 0 Å². The molecule has 0 fully saturated rings. The van der Waals surface area contributed by atoms with E-state index in [1.54, 1.807) is 26.0 Å². The van der Waals surface area contributed by atoms with Crippen LogP contribution in [0.3, 0.4) is 0 Å². The molecule has 0 N–H and O–H groups in total. The van der Waals surface area contributed by atoms with Crippen molar-refractivity contribution in [1.29, 1.82) is 0 Å². The van der Waals surface area contributed by atoms with Gasteiger partial charge in [-0.05, 0) is 25.0 Å². The smallest absolute Gasteiger partial charge is 0.252 e. The second-order valence-electron chi connectivity index (χ2n) is 5.85. The molecular weight excluding hydrogens is 320 g/mol. The molecule has 0 saturated carbocycles. The fourth-order valence-electron chi connectivity index (χ4n) is 2.79. The number of hydrogen-bond acceptors (Lipinski definition) is 1. The van der Waals surface area contributed by atoms with E-state index in [1.165, 1.54) is 36.4 Å². The molecule has 5 heteroatoms. The number of ketones is 1. The molecule has 0 aliphatic carbocycles. The molecular formula is C19H18F4O. The molecule has 2 aromatic rings. The average molecular weight is 338 g/mol. The van der Waals surface area contributed by atoms with Crippen LogP contribution < -0.4 is 0 Å². The van der Waals surface area contributed by atoms with Crippen molar-refractivity contribution >= 4 is 5.78 Å². The standard InChI is InChI=1S/C19H18F4O/c1-11-5-3-7-13(9-11)15(18(20)21)17(24)16(19(22)23)14-8-4-6-12(2)10-14/h3-10,15-16,18-19H,1-2H3. The first-order chi connectivity index (χ1) is 11.3. The maximum atomic E-state index is 13.5. The summed E-state index contributed by atoms with van der Waals surface area (Å²) in [5, 5.41) is 0. The second-order valence-corrected chi connectivity index (χ2v) is 5.85. The first kappa shape index (κ1) is 18.2. The highest BCUT2D eigenvalue weighted by molar-refractivity contribution is 5.92. The Morgan fingerprint density at radius 3 is 1.42 bits per heavy atom. The predicted molar refractivity (Wildman–Crippen MR) is 84.9 cm³/mol. The van der Waals surface area contributed by atoms with Crippen molar-refractivity contribution in [3.05, 3.63) is 70.8 Å². The molecule has 1 nitrogen and oxygen atoms in total. The van der Waals surface area contributed by atoms with Crippen molar-refractivity contribution < 1.29 is 22.4 Å². The third-order valence-electron chi connectivity index (χ3n) is 3.92. The summed E-state index contributed by atoms with van der Waals surface area (Å²) in [6.07, 6.45) is -6.10. The zero-order chi connectivity index (χ0) is 17.9. The van der Waals surface area contributed by atoms with Gasteiger partial charge in [-0.1, -0.05) is 59.7 Å². The van der Waals surface area contributed by atoms with Crippen LogP contribution in [0.5, 0.6) is 0 Å². The van der Waals surface area contributed by atoms with Crippen molar-refractivity contribution in [3.8, 4) is 0 Å². The maximum absolute atomic E-state index is 13.5. The number of aryl methyl sites for hydroxylation is 2. The van der Waals surface area contributed by atoms with Gasteiger partial charge in [0.2, 0.25) is 0 Å². The van der Waals surface area contributed by atoms with E-state index in [2.05, 4.69) is 0 Å². The Kier molecular flexibility index (Phi) is 5.75. The fraction of sp³-hybridized carbons (Fsp3) is 0.316. The molecule has 0 radical (unpaired) electrons. The van der Waals surface area contributed by atoms with Gasteiger partial charge < -0.3 is 0 Å². The van der Waals surface area contributed by atoms with Crippen molar-refractivity contribution in [2.75, 3.05) is 0 Å². The number of benzene rings is 2. The van der Waals surface area contributed by atoms with Crippen LogP contribution >= 0.6 is 0 Å². The summed E-state index contributed by atoms with van der Waals surface area (Å²) >= 11 is 0. The van der Waals surface area contributed by atoms with Gasteiger partial charge in [-0.25, -0.2) is 17.6 Å². The van der Waals surface area contributed by atoms with Gasteiger partial charge in [0.1, 0.15) is 11.8 Å². The number of hydrogen-bond donors (Lipinski definition) is 0. The van der Waals surface area contributed by atoms with Crippen LogP contribution in [0.1, 0.15) is 34.1 Å². The highest BCUT2D eigenvalue weighted by Gasteiger charge is 2.40. The van der Waals surface area contributed by atoms with Crippen LogP contribution in [0.2, 0.25) is 0 Å². The molecule has 0 aromatic heterocycles. The highest BCUT2D eigenvalue weighted by atomic mass is 19.3. The molecule has 2 unspecified atom stereocenters. The molecule has 2 aromatic carbocycles. The SMILES string of the molecule is Cc1cccc(C(C(=O)C(c2cccc(C)c2)C(F)F)C(F)F)c1. The van der Waals surface area contributed by atoms with E-state index in [4.69, 9.17) is 0 Å². The monoisotopic (exact) mass is 338 g/mol. The molecule has 0 spiro atoms. The molecule has 0 heterocycles. The lowest BCUT2D eigenvalue weighted by molar-refractivity contribution is -0.128. The summed E-state index contributed by atoms with van der Waals surface area (Å²) in [5.41, 5.74) is 1.51. The number of carbonyl (C=O) groups excluding carboxylic acids is 1. The molecule has 0 saturated heterocycles. The van der Waals surface area contributed by atoms with Crippen molar-refractivity contribution in [2.45, 2.75) is 38.5 Å². The van der Waals surface area contributed by atoms with Gasteiger partial charge in [-0.15, -0.1) is 0 Å². The minimum atomic E-state index is -3.05. The third kappa shape index (κ3) is 4.02. The summed E-state index contributed by atoms with van der Waals surface area (Å²) in [5.74, 6) is -4.90. The van der Waals surface area contributed by atoms with E-state index in [0.717, 1.165) is 0 Å². The zero-order valence-electron chi connectivity index (χ0n) is 13.3. The van der Waals surface area contributed by atoms with Crippen LogP contribution in [0, 0.1) is 13.8 Å². The summed E-state index contributed by atoms with van der Waals surface area (Å²) < 4.78 is 54.1. The van der Waals surface area contributed by atoms with Gasteiger partial charge in [0.05, 0.1) is 0 Å². The Balaban J connectivity index is 2.46. The summed E-state index contributed by atoms with van der Waals surface area (Å²) in [4.78, 5) is 12.6. The molecule has 0 aliphatic heterocycles. The fourth-order valence-corrected chi connectivity index (χ4v) is 2.79. The van der Waals surface area contributed by atoms with Crippen molar-refractivity contribution in [1.82, 2.24) is 0 Å². The molecule has 2 rings (SSSR count). The first-order valence-electron chi connectivity index (χ1n) is 7.54. The highest BCUT2D eigenvalue weighted by Crippen LogP contribution is 2.35. The first-order valence-corrected chi connectivity index (χ1v) is 7.54. The van der Waals surface area contributed by atoms with Gasteiger partial charge in [0, 0.05) is 0 Å². The van der Waals surface area contributed by atoms with E-state index in [0.29, 0.717) is 11.1 Å². The number of rotatable bonds is 6. The van der Waals surface area contributed by atoms with E-state index in [-0.39, 0.29) is 11.1 Å². The topological polar surface area (TPSA) is 17.1 Å². The van der Waals surface area contributed by atoms with Gasteiger partial charge in [-0.3, -0.25) is 4.79 Å². The van der Waals surface area contributed by atoms with E-state index in [9.17, 15) is 22.4 Å². The van der Waals surface area contributed by atoms with E-state index in [1.807, 2.05) is 0 Å². The van der Waals surface area contributed by atoms with E-state index >= 15 is 0 Å². The third-order valence-corrected chi connectivity index (χ3v) is 3.92. The lowest BCUT2D eigenvalue weighted by Gasteiger charge is -2.23. The van der Waals surface area contributed by atoms with Gasteiger partial charge in [0.25, 0.3) is 12.9 Å². The number of carbonyl (C=O) groups is 1. The summed E-state index contributed by atoms with van der Waals surface area (Å²) in [7, 11) is 0. The largest absolute Gasteiger partial charge is 0.298 e. The molecule has 0 aliphatic rings. The van der Waals surface area contributed by atoms with E-state index < -0.39 is 30.5 Å². The normalized spacial score (nSPS) is 14.0. The summed E-state index contributed by atoms with van der Waals surface area (Å²) in [6, 6.07) is 12.1. The van der Waals surface area contributed by atoms with Crippen LogP contribution in [-0.2, 0) is 4.79 Å². The van der Waals surface area contributed by atoms with Crippen molar-refractivity contribution in [2.24, 2.45) is 0 Å². The predicted octanol–water partition coefficient (Wildman–Crippen LogP) is 5.27. The number of Topliss-reactive ketones (excluding diaryl/α,β-unsaturated/α-hetero) is 1. The minimum Gasteiger partial charge on any atom is -0.298 e. The Morgan fingerprint density at radius 1 is 0.750 bits per heavy atom. The lowest BCUT2D eigenvalue weighted by atomic mass is 9.83. The Hall–Kier alpha value is -2.17. The van der Waals surface area contributed by atoms with Crippen molar-refractivity contribution in [3.63, 3.8) is 0 Å². The minimum absolute atomic E-state index is 0.0632. The zero-order valence-corrected chi connectivity index (χ0v) is 13.3. The lowest BCUT2D eigenvalue weighted by Crippen LogP contribution is -2.30. The second kappa shape index (κ2) is 7.60. The van der Waals surface area contributed by atoms with Gasteiger partial charge in [-0.2, -0.15) is 0 Å². The Morgan fingerprint density at radius 2 is 1.12 bits per heavy atom. The summed E-state index contributed by atoms with van der Waals surface area (Å²) in [6.45, 7) is 3.39. The van der Waals surface area contributed by atoms with Crippen LogP contribution in [-0.4, -0.2) is 18.6 Å². The van der Waals surface area contributed by atoms with Gasteiger partial charge >= 0.3 is 0 Å². The van der Waals surface area contributed by atoms with Gasteiger partial charge in [0.15, 0.2) is 5.78 Å². The maximum Gasteiger partial charge on any atom is 0.252 e. The van der Waals surface area contributed by atoms with Crippen LogP contribution in [0.15, 0.2) is 48.5 Å². The molecule has 0 bridgehead atoms. The Bertz CT molecular complexity index is 653. The average Bonchev–Trinajstić information content (AvgIpc) is 2.46.